The number of aliphatic hydroxyl groups excluding tert-OH is 1. The zero-order valence-corrected chi connectivity index (χ0v) is 18.5. The molecule has 34 heavy (non-hydrogen) atoms. The number of piperidine rings is 1. The van der Waals surface area contributed by atoms with Gasteiger partial charge < -0.3 is 14.7 Å². The van der Waals surface area contributed by atoms with Gasteiger partial charge >= 0.3 is 12.0 Å². The SMILES string of the molecule is CC1=C(N2CCN(C3CCN(CC(O)c4cnc(-n5cnnn5)cn4)CC3F)C2=O)COC1=O. The molecule has 5 rings (SSSR count). The maximum Gasteiger partial charge on any atom is 0.336 e. The first kappa shape index (κ1) is 22.3. The first-order valence-corrected chi connectivity index (χ1v) is 11.0. The molecule has 2 aromatic rings. The van der Waals surface area contributed by atoms with E-state index in [0.717, 1.165) is 0 Å². The Labute approximate surface area is 193 Å². The van der Waals surface area contributed by atoms with Crippen LogP contribution in [0.25, 0.3) is 5.82 Å². The highest BCUT2D eigenvalue weighted by Gasteiger charge is 2.43. The first-order valence-electron chi connectivity index (χ1n) is 11.0. The average molecular weight is 473 g/mol. The topological polar surface area (TPSA) is 143 Å². The van der Waals surface area contributed by atoms with Crippen LogP contribution in [0.1, 0.15) is 25.1 Å². The van der Waals surface area contributed by atoms with Crippen molar-refractivity contribution in [1.29, 1.82) is 0 Å². The molecule has 0 aliphatic carbocycles. The summed E-state index contributed by atoms with van der Waals surface area (Å²) < 4.78 is 21.5. The Bertz CT molecular complexity index is 1090. The molecule has 3 atom stereocenters. The number of nitrogens with zero attached hydrogens (tertiary/aromatic N) is 9. The molecule has 0 saturated carbocycles. The number of amides is 2. The normalized spacial score (nSPS) is 24.8. The summed E-state index contributed by atoms with van der Waals surface area (Å²) in [5.74, 6) is -0.0133. The summed E-state index contributed by atoms with van der Waals surface area (Å²) in [7, 11) is 0. The molecule has 14 heteroatoms. The number of carbonyl (C=O) groups is 2. The Balaban J connectivity index is 1.17. The van der Waals surface area contributed by atoms with E-state index in [0.29, 0.717) is 48.8 Å². The minimum absolute atomic E-state index is 0.0687. The molecule has 0 bridgehead atoms. The van der Waals surface area contributed by atoms with Crippen molar-refractivity contribution >= 4 is 12.0 Å². The van der Waals surface area contributed by atoms with Gasteiger partial charge in [-0.05, 0) is 23.8 Å². The van der Waals surface area contributed by atoms with Crippen molar-refractivity contribution in [2.45, 2.75) is 31.7 Å². The molecule has 2 saturated heterocycles. The molecule has 2 aromatic heterocycles. The third-order valence-corrected chi connectivity index (χ3v) is 6.45. The number of urea groups is 1. The van der Waals surface area contributed by atoms with Crippen molar-refractivity contribution in [1.82, 2.24) is 44.9 Å². The van der Waals surface area contributed by atoms with E-state index in [4.69, 9.17) is 4.74 Å². The monoisotopic (exact) mass is 473 g/mol. The number of aliphatic hydroxyl groups is 1. The van der Waals surface area contributed by atoms with E-state index in [1.807, 2.05) is 4.90 Å². The standard InChI is InChI=1S/C20H24FN9O4/c1-12-16(10-34-19(12)32)29-5-4-28(20(29)33)15-2-3-27(8-13(15)21)9-17(31)14-6-23-18(7-22-14)30-11-24-25-26-30/h6-7,11,13,15,17,31H,2-5,8-10H2,1H3. The summed E-state index contributed by atoms with van der Waals surface area (Å²) in [6.45, 7) is 3.28. The van der Waals surface area contributed by atoms with E-state index in [-0.39, 0.29) is 25.7 Å². The first-order chi connectivity index (χ1) is 16.4. The number of hydrogen-bond donors (Lipinski definition) is 1. The molecule has 3 unspecified atom stereocenters. The number of β-amino-alcohol motifs (C(OH)–C–C–N with tert-alkyl or cyclic N) is 1. The Hall–Kier alpha value is -3.52. The van der Waals surface area contributed by atoms with Gasteiger partial charge in [0.15, 0.2) is 5.82 Å². The van der Waals surface area contributed by atoms with Crippen LogP contribution in [0, 0.1) is 0 Å². The molecule has 180 valence electrons. The van der Waals surface area contributed by atoms with E-state index >= 15 is 4.39 Å². The van der Waals surface area contributed by atoms with E-state index in [9.17, 15) is 14.7 Å². The maximum atomic E-state index is 15.2. The molecule has 2 fully saturated rings. The van der Waals surface area contributed by atoms with Crippen LogP contribution >= 0.6 is 0 Å². The third kappa shape index (κ3) is 4.09. The Morgan fingerprint density at radius 1 is 1.24 bits per heavy atom. The fraction of sp³-hybridized carbons (Fsp3) is 0.550. The Kier molecular flexibility index (Phi) is 5.91. The van der Waals surface area contributed by atoms with E-state index in [1.165, 1.54) is 28.3 Å². The Morgan fingerprint density at radius 2 is 2.09 bits per heavy atom. The average Bonchev–Trinajstić information content (AvgIpc) is 3.57. The minimum atomic E-state index is -1.27. The minimum Gasteiger partial charge on any atom is -0.456 e. The van der Waals surface area contributed by atoms with Crippen molar-refractivity contribution in [3.8, 4) is 5.82 Å². The number of hydrogen-bond acceptors (Lipinski definition) is 10. The molecule has 3 aliphatic heterocycles. The smallest absolute Gasteiger partial charge is 0.336 e. The van der Waals surface area contributed by atoms with Gasteiger partial charge in [0.05, 0.1) is 35.4 Å². The van der Waals surface area contributed by atoms with Gasteiger partial charge in [-0.25, -0.2) is 19.0 Å². The number of ether oxygens (including phenoxy) is 1. The highest BCUT2D eigenvalue weighted by atomic mass is 19.1. The lowest BCUT2D eigenvalue weighted by Gasteiger charge is -2.39. The molecule has 0 aromatic carbocycles. The van der Waals surface area contributed by atoms with Crippen LogP contribution in [-0.4, -0.2) is 114 Å². The van der Waals surface area contributed by atoms with Gasteiger partial charge in [0.1, 0.15) is 25.2 Å². The van der Waals surface area contributed by atoms with Crippen LogP contribution in [0.3, 0.4) is 0 Å². The van der Waals surface area contributed by atoms with Crippen molar-refractivity contribution in [3.05, 3.63) is 35.7 Å². The number of halogens is 1. The predicted octanol–water partition coefficient (Wildman–Crippen LogP) is -0.533. The molecular formula is C20H24FN9O4. The lowest BCUT2D eigenvalue weighted by Crippen LogP contribution is -2.54. The lowest BCUT2D eigenvalue weighted by atomic mass is 10.0. The largest absolute Gasteiger partial charge is 0.456 e. The number of likely N-dealkylation sites (tertiary alicyclic amines) is 1. The Morgan fingerprint density at radius 3 is 2.74 bits per heavy atom. The summed E-state index contributed by atoms with van der Waals surface area (Å²) in [5, 5.41) is 21.4. The molecule has 5 heterocycles. The second-order valence-electron chi connectivity index (χ2n) is 8.48. The van der Waals surface area contributed by atoms with Gasteiger partial charge in [0.2, 0.25) is 0 Å². The van der Waals surface area contributed by atoms with Gasteiger partial charge in [-0.3, -0.25) is 14.8 Å². The number of carbonyl (C=O) groups excluding carboxylic acids is 2. The van der Waals surface area contributed by atoms with Crippen molar-refractivity contribution in [2.75, 3.05) is 39.3 Å². The second-order valence-corrected chi connectivity index (χ2v) is 8.48. The summed E-state index contributed by atoms with van der Waals surface area (Å²) >= 11 is 0. The van der Waals surface area contributed by atoms with E-state index in [2.05, 4.69) is 25.5 Å². The predicted molar refractivity (Wildman–Crippen MR) is 112 cm³/mol. The van der Waals surface area contributed by atoms with Gasteiger partial charge in [-0.1, -0.05) is 0 Å². The van der Waals surface area contributed by atoms with Crippen molar-refractivity contribution in [3.63, 3.8) is 0 Å². The number of esters is 1. The van der Waals surface area contributed by atoms with E-state index in [1.54, 1.807) is 11.8 Å². The molecule has 2 amide bonds. The van der Waals surface area contributed by atoms with Crippen molar-refractivity contribution < 1.29 is 23.8 Å². The molecule has 3 aliphatic rings. The summed E-state index contributed by atoms with van der Waals surface area (Å²) in [6.07, 6.45) is 2.49. The number of aromatic nitrogens is 6. The number of tetrazole rings is 1. The second kappa shape index (κ2) is 9.02. The van der Waals surface area contributed by atoms with Crippen LogP contribution in [0.4, 0.5) is 9.18 Å². The fourth-order valence-electron chi connectivity index (χ4n) is 4.56. The highest BCUT2D eigenvalue weighted by molar-refractivity contribution is 5.92. The van der Waals surface area contributed by atoms with Crippen molar-refractivity contribution in [2.24, 2.45) is 0 Å². The fourth-order valence-corrected chi connectivity index (χ4v) is 4.56. The molecule has 1 N–H and O–H groups in total. The van der Waals surface area contributed by atoms with Gasteiger partial charge in [-0.2, -0.15) is 4.68 Å². The van der Waals surface area contributed by atoms with Crippen LogP contribution in [0.2, 0.25) is 0 Å². The maximum absolute atomic E-state index is 15.2. The van der Waals surface area contributed by atoms with Crippen LogP contribution in [0.15, 0.2) is 30.0 Å². The number of alkyl halides is 1. The van der Waals surface area contributed by atoms with Gasteiger partial charge in [0, 0.05) is 32.7 Å². The van der Waals surface area contributed by atoms with E-state index < -0.39 is 24.3 Å². The third-order valence-electron chi connectivity index (χ3n) is 6.45. The summed E-state index contributed by atoms with van der Waals surface area (Å²) in [6, 6.07) is -0.855. The number of cyclic esters (lactones) is 1. The summed E-state index contributed by atoms with van der Waals surface area (Å²) in [4.78, 5) is 37.9. The zero-order chi connectivity index (χ0) is 23.8. The zero-order valence-electron chi connectivity index (χ0n) is 18.5. The summed E-state index contributed by atoms with van der Waals surface area (Å²) in [5.41, 5.74) is 1.34. The van der Waals surface area contributed by atoms with Gasteiger partial charge in [-0.15, -0.1) is 5.10 Å². The highest BCUT2D eigenvalue weighted by Crippen LogP contribution is 2.29. The van der Waals surface area contributed by atoms with Gasteiger partial charge in [0.25, 0.3) is 0 Å². The number of rotatable bonds is 6. The quantitative estimate of drug-likeness (QED) is 0.544. The van der Waals surface area contributed by atoms with Crippen LogP contribution in [0.5, 0.6) is 0 Å². The van der Waals surface area contributed by atoms with Crippen LogP contribution < -0.4 is 0 Å². The lowest BCUT2D eigenvalue weighted by molar-refractivity contribution is -0.136. The molecule has 0 spiro atoms. The molecule has 13 nitrogen and oxygen atoms in total. The van der Waals surface area contributed by atoms with Crippen LogP contribution in [-0.2, 0) is 9.53 Å². The molecule has 0 radical (unpaired) electrons. The molecular weight excluding hydrogens is 449 g/mol.